The summed E-state index contributed by atoms with van der Waals surface area (Å²) in [7, 11) is 4.72. The molecule has 0 bridgehead atoms. The van der Waals surface area contributed by atoms with Gasteiger partial charge in [0.05, 0.1) is 13.2 Å². The van der Waals surface area contributed by atoms with Crippen molar-refractivity contribution in [2.75, 3.05) is 47.4 Å². The first-order valence-corrected chi connectivity index (χ1v) is 6.50. The molecule has 0 aliphatic carbocycles. The molecule has 0 spiro atoms. The van der Waals surface area contributed by atoms with Crippen LogP contribution in [0.4, 0.5) is 13.2 Å². The number of hydrogen-bond acceptors (Lipinski definition) is 3. The molecule has 21 heavy (non-hydrogen) atoms. The molecule has 0 aliphatic rings. The fourth-order valence-corrected chi connectivity index (χ4v) is 1.66. The van der Waals surface area contributed by atoms with Gasteiger partial charge in [-0.25, -0.2) is 0 Å². The van der Waals surface area contributed by atoms with Crippen molar-refractivity contribution in [1.29, 1.82) is 0 Å². The minimum atomic E-state index is -4.14. The minimum Gasteiger partial charge on any atom is -0.383 e. The molecule has 9 heteroatoms. The van der Waals surface area contributed by atoms with Gasteiger partial charge in [0.2, 0.25) is 0 Å². The van der Waals surface area contributed by atoms with Crippen LogP contribution >= 0.6 is 24.0 Å². The number of nitrogens with zero attached hydrogens (tertiary/aromatic N) is 2. The highest BCUT2D eigenvalue weighted by molar-refractivity contribution is 14.0. The molecule has 0 amide bonds. The van der Waals surface area contributed by atoms with Gasteiger partial charge in [0.1, 0.15) is 0 Å². The molecule has 5 nitrogen and oxygen atoms in total. The van der Waals surface area contributed by atoms with Crippen LogP contribution in [0, 0.1) is 0 Å². The molecule has 0 radical (unpaired) electrons. The fourth-order valence-electron chi connectivity index (χ4n) is 1.66. The Morgan fingerprint density at radius 2 is 2.00 bits per heavy atom. The number of alkyl halides is 3. The van der Waals surface area contributed by atoms with Gasteiger partial charge in [0, 0.05) is 26.7 Å². The third kappa shape index (κ3) is 14.4. The monoisotopic (exact) mass is 426 g/mol. The Bertz CT molecular complexity index is 290. The Labute approximate surface area is 141 Å². The fraction of sp³-hybridized carbons (Fsp3) is 0.917. The number of aliphatic imine (C=N–C) groups is 1. The normalized spacial score (nSPS) is 13.8. The molecular weight excluding hydrogens is 400 g/mol. The molecule has 0 rings (SSSR count). The average Bonchev–Trinajstić information content (AvgIpc) is 2.31. The highest BCUT2D eigenvalue weighted by Crippen LogP contribution is 2.15. The van der Waals surface area contributed by atoms with Crippen LogP contribution < -0.4 is 10.6 Å². The number of guanidine groups is 1. The lowest BCUT2D eigenvalue weighted by Crippen LogP contribution is -2.44. The van der Waals surface area contributed by atoms with E-state index in [4.69, 9.17) is 4.74 Å². The molecule has 0 saturated carbocycles. The first kappa shape index (κ1) is 23.0. The molecule has 0 aromatic rings. The van der Waals surface area contributed by atoms with E-state index < -0.39 is 12.7 Å². The van der Waals surface area contributed by atoms with Crippen molar-refractivity contribution < 1.29 is 17.9 Å². The van der Waals surface area contributed by atoms with E-state index in [0.717, 1.165) is 0 Å². The van der Waals surface area contributed by atoms with Crippen LogP contribution in [-0.4, -0.2) is 70.5 Å². The van der Waals surface area contributed by atoms with Crippen LogP contribution in [-0.2, 0) is 4.74 Å². The van der Waals surface area contributed by atoms with Crippen molar-refractivity contribution in [3.63, 3.8) is 0 Å². The van der Waals surface area contributed by atoms with E-state index in [1.165, 1.54) is 11.9 Å². The minimum absolute atomic E-state index is 0. The Kier molecular flexibility index (Phi) is 13.4. The topological polar surface area (TPSA) is 48.9 Å². The summed E-state index contributed by atoms with van der Waals surface area (Å²) in [6.07, 6.45) is -3.54. The van der Waals surface area contributed by atoms with Gasteiger partial charge in [-0.2, -0.15) is 13.2 Å². The van der Waals surface area contributed by atoms with Gasteiger partial charge in [0.15, 0.2) is 5.96 Å². The second-order valence-electron chi connectivity index (χ2n) is 4.71. The summed E-state index contributed by atoms with van der Waals surface area (Å²) in [4.78, 5) is 5.29. The zero-order valence-electron chi connectivity index (χ0n) is 13.0. The summed E-state index contributed by atoms with van der Waals surface area (Å²) in [6, 6.07) is 0.110. The van der Waals surface area contributed by atoms with Gasteiger partial charge >= 0.3 is 6.18 Å². The molecule has 1 unspecified atom stereocenters. The van der Waals surface area contributed by atoms with E-state index in [2.05, 4.69) is 15.6 Å². The van der Waals surface area contributed by atoms with Gasteiger partial charge in [-0.3, -0.25) is 9.89 Å². The summed E-state index contributed by atoms with van der Waals surface area (Å²) in [5.41, 5.74) is 0. The Morgan fingerprint density at radius 1 is 1.38 bits per heavy atom. The van der Waals surface area contributed by atoms with Crippen molar-refractivity contribution in [2.24, 2.45) is 4.99 Å². The van der Waals surface area contributed by atoms with Crippen LogP contribution in [0.1, 0.15) is 13.3 Å². The number of ether oxygens (including phenoxy) is 1. The van der Waals surface area contributed by atoms with E-state index in [1.807, 2.05) is 6.92 Å². The van der Waals surface area contributed by atoms with Crippen molar-refractivity contribution in [1.82, 2.24) is 15.5 Å². The van der Waals surface area contributed by atoms with E-state index in [-0.39, 0.29) is 30.0 Å². The van der Waals surface area contributed by atoms with Crippen molar-refractivity contribution in [3.8, 4) is 0 Å². The van der Waals surface area contributed by atoms with Crippen LogP contribution in [0.5, 0.6) is 0 Å². The van der Waals surface area contributed by atoms with Crippen LogP contribution in [0.25, 0.3) is 0 Å². The van der Waals surface area contributed by atoms with E-state index in [9.17, 15) is 13.2 Å². The highest BCUT2D eigenvalue weighted by Gasteiger charge is 2.28. The quantitative estimate of drug-likeness (QED) is 0.269. The molecule has 0 heterocycles. The largest absolute Gasteiger partial charge is 0.401 e. The molecule has 0 aliphatic heterocycles. The van der Waals surface area contributed by atoms with Crippen molar-refractivity contribution in [2.45, 2.75) is 25.6 Å². The molecule has 0 aromatic carbocycles. The van der Waals surface area contributed by atoms with Crippen molar-refractivity contribution >= 4 is 29.9 Å². The van der Waals surface area contributed by atoms with Gasteiger partial charge in [-0.1, -0.05) is 0 Å². The number of nitrogens with one attached hydrogen (secondary N) is 2. The van der Waals surface area contributed by atoms with Crippen LogP contribution in [0.15, 0.2) is 4.99 Å². The molecule has 0 fully saturated rings. The lowest BCUT2D eigenvalue weighted by atomic mass is 10.3. The van der Waals surface area contributed by atoms with Gasteiger partial charge in [0.25, 0.3) is 0 Å². The number of rotatable bonds is 8. The van der Waals surface area contributed by atoms with Gasteiger partial charge < -0.3 is 15.4 Å². The Hall–Kier alpha value is -0.290. The highest BCUT2D eigenvalue weighted by atomic mass is 127. The SMILES string of the molecule is CN=C(NCCCN(C)CC(F)(F)F)NC(C)COC.I. The second kappa shape index (κ2) is 12.3. The zero-order valence-corrected chi connectivity index (χ0v) is 15.3. The number of methoxy groups -OCH3 is 1. The second-order valence-corrected chi connectivity index (χ2v) is 4.71. The maximum atomic E-state index is 12.1. The summed E-state index contributed by atoms with van der Waals surface area (Å²) in [5, 5.41) is 6.17. The van der Waals surface area contributed by atoms with E-state index in [0.29, 0.717) is 32.1 Å². The first-order valence-electron chi connectivity index (χ1n) is 6.50. The van der Waals surface area contributed by atoms with Gasteiger partial charge in [-0.15, -0.1) is 24.0 Å². The first-order chi connectivity index (χ1) is 9.28. The van der Waals surface area contributed by atoms with Crippen molar-refractivity contribution in [3.05, 3.63) is 0 Å². The maximum absolute atomic E-state index is 12.1. The predicted octanol–water partition coefficient (Wildman–Crippen LogP) is 1.69. The van der Waals surface area contributed by atoms with E-state index >= 15 is 0 Å². The third-order valence-electron chi connectivity index (χ3n) is 2.48. The summed E-state index contributed by atoms with van der Waals surface area (Å²) in [5.74, 6) is 0.619. The maximum Gasteiger partial charge on any atom is 0.401 e. The smallest absolute Gasteiger partial charge is 0.383 e. The Balaban J connectivity index is 0. The Morgan fingerprint density at radius 3 is 2.48 bits per heavy atom. The number of hydrogen-bond donors (Lipinski definition) is 2. The third-order valence-corrected chi connectivity index (χ3v) is 2.48. The van der Waals surface area contributed by atoms with Crippen LogP contribution in [0.3, 0.4) is 0 Å². The lowest BCUT2D eigenvalue weighted by molar-refractivity contribution is -0.143. The van der Waals surface area contributed by atoms with Gasteiger partial charge in [-0.05, 0) is 26.9 Å². The molecular formula is C12H26F3IN4O. The summed E-state index contributed by atoms with van der Waals surface area (Å²) in [6.45, 7) is 2.55. The zero-order chi connectivity index (χ0) is 15.6. The standard InChI is InChI=1S/C12H25F3N4O.HI/c1-10(8-20-4)18-11(16-2)17-6-5-7-19(3)9-12(13,14)15;/h10H,5-9H2,1-4H3,(H2,16,17,18);1H. The lowest BCUT2D eigenvalue weighted by Gasteiger charge is -2.20. The molecule has 0 aromatic heterocycles. The molecule has 0 saturated heterocycles. The summed E-state index contributed by atoms with van der Waals surface area (Å²) < 4.78 is 41.3. The predicted molar refractivity (Wildman–Crippen MR) is 89.4 cm³/mol. The van der Waals surface area contributed by atoms with Crippen LogP contribution in [0.2, 0.25) is 0 Å². The number of halogens is 4. The molecule has 128 valence electrons. The molecule has 1 atom stereocenters. The average molecular weight is 426 g/mol. The van der Waals surface area contributed by atoms with E-state index in [1.54, 1.807) is 14.2 Å². The molecule has 2 N–H and O–H groups in total. The summed E-state index contributed by atoms with van der Waals surface area (Å²) >= 11 is 0.